The third-order valence-corrected chi connectivity index (χ3v) is 4.19. The van der Waals surface area contributed by atoms with E-state index in [1.54, 1.807) is 0 Å². The molecule has 3 heteroatoms. The first kappa shape index (κ1) is 15.2. The Kier molecular flexibility index (Phi) is 5.75. The van der Waals surface area contributed by atoms with Crippen LogP contribution in [-0.4, -0.2) is 11.8 Å². The Hall–Kier alpha value is -1.18. The minimum Gasteiger partial charge on any atom is -0.491 e. The fourth-order valence-electron chi connectivity index (χ4n) is 2.93. The molecule has 2 nitrogen and oxygen atoms in total. The molecule has 1 fully saturated rings. The van der Waals surface area contributed by atoms with Crippen molar-refractivity contribution in [2.24, 2.45) is 10.9 Å². The molecule has 0 radical (unpaired) electrons. The lowest BCUT2D eigenvalue weighted by molar-refractivity contribution is 0.301. The van der Waals surface area contributed by atoms with Gasteiger partial charge in [-0.1, -0.05) is 38.8 Å². The van der Waals surface area contributed by atoms with Gasteiger partial charge in [0.1, 0.15) is 11.4 Å². The van der Waals surface area contributed by atoms with E-state index in [2.05, 4.69) is 36.1 Å². The highest BCUT2D eigenvalue weighted by Gasteiger charge is 2.23. The Balaban J connectivity index is 2.30. The lowest BCUT2D eigenvalue weighted by atomic mass is 9.79. The molecule has 0 aromatic heterocycles. The average molecular weight is 289 g/mol. The second-order valence-electron chi connectivity index (χ2n) is 5.70. The van der Waals surface area contributed by atoms with Crippen LogP contribution in [0.5, 0.6) is 5.75 Å². The largest absolute Gasteiger partial charge is 0.491 e. The van der Waals surface area contributed by atoms with Crippen molar-refractivity contribution in [3.8, 4) is 5.75 Å². The standard InChI is InChI=1S/C17H23NOS/c1-3-11-19-17-15(5-4-6-16(17)18-12-20)14-9-7-13(2)8-10-14/h4-6,13-14H,3,7-11H2,1-2H3. The summed E-state index contributed by atoms with van der Waals surface area (Å²) < 4.78 is 5.97. The van der Waals surface area contributed by atoms with E-state index in [0.717, 1.165) is 30.4 Å². The minimum atomic E-state index is 0.596. The predicted molar refractivity (Wildman–Crippen MR) is 87.3 cm³/mol. The molecule has 108 valence electrons. The topological polar surface area (TPSA) is 21.6 Å². The number of isothiocyanates is 1. The van der Waals surface area contributed by atoms with E-state index in [-0.39, 0.29) is 0 Å². The summed E-state index contributed by atoms with van der Waals surface area (Å²) in [6.45, 7) is 5.19. The molecular weight excluding hydrogens is 266 g/mol. The summed E-state index contributed by atoms with van der Waals surface area (Å²) in [6, 6.07) is 6.20. The molecule has 0 N–H and O–H groups in total. The quantitative estimate of drug-likeness (QED) is 0.527. The molecule has 0 spiro atoms. The maximum absolute atomic E-state index is 5.97. The third-order valence-electron chi connectivity index (χ3n) is 4.10. The van der Waals surface area contributed by atoms with Crippen molar-refractivity contribution in [1.82, 2.24) is 0 Å². The van der Waals surface area contributed by atoms with Gasteiger partial charge >= 0.3 is 0 Å². The highest BCUT2D eigenvalue weighted by molar-refractivity contribution is 7.78. The van der Waals surface area contributed by atoms with Crippen molar-refractivity contribution in [3.05, 3.63) is 23.8 Å². The first-order valence-corrected chi connectivity index (χ1v) is 8.00. The van der Waals surface area contributed by atoms with Crippen LogP contribution in [0.25, 0.3) is 0 Å². The zero-order chi connectivity index (χ0) is 14.4. The van der Waals surface area contributed by atoms with E-state index < -0.39 is 0 Å². The normalized spacial score (nSPS) is 22.1. The zero-order valence-electron chi connectivity index (χ0n) is 12.4. The Bertz CT molecular complexity index is 486. The number of hydrogen-bond acceptors (Lipinski definition) is 3. The molecule has 0 unspecified atom stereocenters. The third kappa shape index (κ3) is 3.68. The Labute approximate surface area is 127 Å². The maximum Gasteiger partial charge on any atom is 0.149 e. The van der Waals surface area contributed by atoms with Crippen LogP contribution in [0.1, 0.15) is 57.4 Å². The highest BCUT2D eigenvalue weighted by Crippen LogP contribution is 2.43. The summed E-state index contributed by atoms with van der Waals surface area (Å²) in [5.41, 5.74) is 2.13. The fourth-order valence-corrected chi connectivity index (χ4v) is 3.03. The molecule has 1 saturated carbocycles. The summed E-state index contributed by atoms with van der Waals surface area (Å²) in [7, 11) is 0. The molecule has 0 heterocycles. The van der Waals surface area contributed by atoms with Crippen molar-refractivity contribution in [3.63, 3.8) is 0 Å². The molecule has 1 aromatic carbocycles. The van der Waals surface area contributed by atoms with Crippen molar-refractivity contribution < 1.29 is 4.74 Å². The van der Waals surface area contributed by atoms with Crippen LogP contribution >= 0.6 is 12.2 Å². The van der Waals surface area contributed by atoms with Gasteiger partial charge in [-0.2, -0.15) is 4.99 Å². The number of benzene rings is 1. The SMILES string of the molecule is CCCOc1c(N=C=S)cccc1C1CCC(C)CC1. The molecule has 0 aliphatic heterocycles. The van der Waals surface area contributed by atoms with Gasteiger partial charge in [-0.15, -0.1) is 0 Å². The molecule has 20 heavy (non-hydrogen) atoms. The number of thiocarbonyl (C=S) groups is 1. The fraction of sp³-hybridized carbons (Fsp3) is 0.588. The van der Waals surface area contributed by atoms with Gasteiger partial charge in [0.25, 0.3) is 0 Å². The van der Waals surface area contributed by atoms with E-state index in [1.807, 2.05) is 6.07 Å². The molecule has 1 aromatic rings. The monoisotopic (exact) mass is 289 g/mol. The van der Waals surface area contributed by atoms with Gasteiger partial charge < -0.3 is 4.74 Å². The first-order valence-electron chi connectivity index (χ1n) is 7.59. The molecule has 2 rings (SSSR count). The summed E-state index contributed by atoms with van der Waals surface area (Å²) in [6.07, 6.45) is 6.09. The van der Waals surface area contributed by atoms with Crippen molar-refractivity contribution >= 4 is 23.1 Å². The predicted octanol–water partition coefficient (Wildman–Crippen LogP) is 5.50. The smallest absolute Gasteiger partial charge is 0.149 e. The number of nitrogens with zero attached hydrogens (tertiary/aromatic N) is 1. The summed E-state index contributed by atoms with van der Waals surface area (Å²) >= 11 is 4.75. The van der Waals surface area contributed by atoms with E-state index in [1.165, 1.54) is 31.2 Å². The van der Waals surface area contributed by atoms with Gasteiger partial charge in [-0.3, -0.25) is 0 Å². The van der Waals surface area contributed by atoms with Gasteiger partial charge in [0.2, 0.25) is 0 Å². The first-order chi connectivity index (χ1) is 9.76. The highest BCUT2D eigenvalue weighted by atomic mass is 32.1. The van der Waals surface area contributed by atoms with E-state index >= 15 is 0 Å². The summed E-state index contributed by atoms with van der Waals surface area (Å²) in [5.74, 6) is 2.37. The molecular formula is C17H23NOS. The molecule has 0 bridgehead atoms. The Morgan fingerprint density at radius 2 is 2.05 bits per heavy atom. The molecule has 1 aliphatic carbocycles. The van der Waals surface area contributed by atoms with Crippen LogP contribution in [0.4, 0.5) is 5.69 Å². The van der Waals surface area contributed by atoms with E-state index in [0.29, 0.717) is 5.92 Å². The number of ether oxygens (including phenoxy) is 1. The molecule has 0 atom stereocenters. The number of hydrogen-bond donors (Lipinski definition) is 0. The van der Waals surface area contributed by atoms with Gasteiger partial charge in [0.05, 0.1) is 11.8 Å². The lowest BCUT2D eigenvalue weighted by Crippen LogP contribution is -2.12. The number of aliphatic imine (C=N–C) groups is 1. The van der Waals surface area contributed by atoms with Crippen LogP contribution < -0.4 is 4.74 Å². The molecule has 0 saturated heterocycles. The van der Waals surface area contributed by atoms with Crippen LogP contribution in [0.2, 0.25) is 0 Å². The van der Waals surface area contributed by atoms with Gasteiger partial charge in [0, 0.05) is 0 Å². The van der Waals surface area contributed by atoms with E-state index in [9.17, 15) is 0 Å². The van der Waals surface area contributed by atoms with Gasteiger partial charge in [-0.25, -0.2) is 0 Å². The lowest BCUT2D eigenvalue weighted by Gasteiger charge is -2.28. The minimum absolute atomic E-state index is 0.596. The average Bonchev–Trinajstić information content (AvgIpc) is 2.47. The zero-order valence-corrected chi connectivity index (χ0v) is 13.2. The maximum atomic E-state index is 5.97. The Morgan fingerprint density at radius 3 is 2.70 bits per heavy atom. The van der Waals surface area contributed by atoms with Crippen molar-refractivity contribution in [2.45, 2.75) is 51.9 Å². The number of para-hydroxylation sites is 1. The van der Waals surface area contributed by atoms with Crippen LogP contribution in [0, 0.1) is 5.92 Å². The van der Waals surface area contributed by atoms with Crippen LogP contribution in [0.15, 0.2) is 23.2 Å². The van der Waals surface area contributed by atoms with Crippen LogP contribution in [-0.2, 0) is 0 Å². The van der Waals surface area contributed by atoms with Crippen LogP contribution in [0.3, 0.4) is 0 Å². The summed E-state index contributed by atoms with van der Waals surface area (Å²) in [4.78, 5) is 4.17. The Morgan fingerprint density at radius 1 is 1.30 bits per heavy atom. The van der Waals surface area contributed by atoms with Gasteiger partial charge in [-0.05, 0) is 54.9 Å². The number of rotatable bonds is 5. The second-order valence-corrected chi connectivity index (χ2v) is 5.89. The van der Waals surface area contributed by atoms with Crippen molar-refractivity contribution in [2.75, 3.05) is 6.61 Å². The van der Waals surface area contributed by atoms with Crippen molar-refractivity contribution in [1.29, 1.82) is 0 Å². The second kappa shape index (κ2) is 7.56. The van der Waals surface area contributed by atoms with Gasteiger partial charge in [0.15, 0.2) is 0 Å². The molecule has 0 amide bonds. The molecule has 1 aliphatic rings. The van der Waals surface area contributed by atoms with E-state index in [4.69, 9.17) is 17.0 Å². The summed E-state index contributed by atoms with van der Waals surface area (Å²) in [5, 5.41) is 2.47.